The number of hydrogen-bond acceptors (Lipinski definition) is 4. The number of ether oxygens (including phenoxy) is 1. The molecule has 1 aromatic carbocycles. The van der Waals surface area contributed by atoms with Gasteiger partial charge in [-0.2, -0.15) is 0 Å². The molecule has 0 atom stereocenters. The summed E-state index contributed by atoms with van der Waals surface area (Å²) in [5.74, 6) is 0.510. The van der Waals surface area contributed by atoms with Gasteiger partial charge in [0.05, 0.1) is 16.0 Å². The fraction of sp³-hybridized carbons (Fsp3) is 0.250. The zero-order valence-corrected chi connectivity index (χ0v) is 9.08. The molecule has 0 saturated heterocycles. The second-order valence-corrected chi connectivity index (χ2v) is 3.39. The van der Waals surface area contributed by atoms with E-state index in [0.29, 0.717) is 16.8 Å². The van der Waals surface area contributed by atoms with Crippen molar-refractivity contribution in [3.8, 4) is 5.75 Å². The Bertz CT molecular complexity index is 368. The van der Waals surface area contributed by atoms with E-state index in [0.717, 1.165) is 0 Å². The van der Waals surface area contributed by atoms with Crippen molar-refractivity contribution >= 4 is 27.3 Å². The van der Waals surface area contributed by atoms with Gasteiger partial charge in [0.1, 0.15) is 11.4 Å². The third-order valence-corrected chi connectivity index (χ3v) is 2.20. The Morgan fingerprint density at radius 1 is 1.64 bits per heavy atom. The van der Waals surface area contributed by atoms with Crippen LogP contribution < -0.4 is 10.5 Å². The lowest BCUT2D eigenvalue weighted by Crippen LogP contribution is -1.98. The standard InChI is InChI=1S/C8H9BrN2O3/c1-2-14-8-4-6(10)7(11(12)13)3-5(8)9/h3-4H,2,10H2,1H3. The van der Waals surface area contributed by atoms with Crippen molar-refractivity contribution in [3.05, 3.63) is 26.7 Å². The predicted octanol–water partition coefficient (Wildman–Crippen LogP) is 2.34. The zero-order valence-electron chi connectivity index (χ0n) is 7.49. The second-order valence-electron chi connectivity index (χ2n) is 2.53. The number of nitro groups is 1. The van der Waals surface area contributed by atoms with Crippen molar-refractivity contribution < 1.29 is 9.66 Å². The molecule has 0 saturated carbocycles. The van der Waals surface area contributed by atoms with Crippen molar-refractivity contribution in [2.75, 3.05) is 12.3 Å². The Kier molecular flexibility index (Phi) is 3.29. The Labute approximate surface area is 89.1 Å². The van der Waals surface area contributed by atoms with Gasteiger partial charge in [0, 0.05) is 12.1 Å². The third kappa shape index (κ3) is 2.14. The molecular formula is C8H9BrN2O3. The highest BCUT2D eigenvalue weighted by Crippen LogP contribution is 2.34. The first-order valence-corrected chi connectivity index (χ1v) is 4.71. The number of nitrogens with two attached hydrogens (primary N) is 1. The van der Waals surface area contributed by atoms with Gasteiger partial charge in [0.25, 0.3) is 5.69 Å². The zero-order chi connectivity index (χ0) is 10.7. The van der Waals surface area contributed by atoms with Gasteiger partial charge in [-0.15, -0.1) is 0 Å². The van der Waals surface area contributed by atoms with Crippen LogP contribution in [0.3, 0.4) is 0 Å². The Morgan fingerprint density at radius 2 is 2.29 bits per heavy atom. The summed E-state index contributed by atoms with van der Waals surface area (Å²) in [4.78, 5) is 9.98. The highest BCUT2D eigenvalue weighted by Gasteiger charge is 2.15. The minimum absolute atomic E-state index is 0.0988. The molecule has 5 nitrogen and oxygen atoms in total. The molecule has 0 heterocycles. The number of anilines is 1. The molecule has 0 aliphatic rings. The van der Waals surface area contributed by atoms with Gasteiger partial charge in [0.15, 0.2) is 0 Å². The monoisotopic (exact) mass is 260 g/mol. The number of nitrogen functional groups attached to an aromatic ring is 1. The minimum atomic E-state index is -0.532. The van der Waals surface area contributed by atoms with Gasteiger partial charge in [-0.25, -0.2) is 0 Å². The van der Waals surface area contributed by atoms with E-state index in [2.05, 4.69) is 15.9 Å². The SMILES string of the molecule is CCOc1cc(N)c([N+](=O)[O-])cc1Br. The van der Waals surface area contributed by atoms with Gasteiger partial charge in [-0.3, -0.25) is 10.1 Å². The van der Waals surface area contributed by atoms with E-state index in [4.69, 9.17) is 10.5 Å². The summed E-state index contributed by atoms with van der Waals surface area (Å²) in [5.41, 5.74) is 5.45. The van der Waals surface area contributed by atoms with Gasteiger partial charge < -0.3 is 10.5 Å². The number of hydrogen-bond donors (Lipinski definition) is 1. The maximum absolute atomic E-state index is 10.5. The average Bonchev–Trinajstić information content (AvgIpc) is 2.10. The van der Waals surface area contributed by atoms with Gasteiger partial charge in [-0.1, -0.05) is 0 Å². The number of halogens is 1. The van der Waals surface area contributed by atoms with E-state index in [1.54, 1.807) is 0 Å². The van der Waals surface area contributed by atoms with Crippen molar-refractivity contribution in [3.63, 3.8) is 0 Å². The van der Waals surface area contributed by atoms with E-state index in [9.17, 15) is 10.1 Å². The molecule has 1 rings (SSSR count). The molecule has 0 aromatic heterocycles. The average molecular weight is 261 g/mol. The van der Waals surface area contributed by atoms with E-state index < -0.39 is 4.92 Å². The number of rotatable bonds is 3. The molecule has 0 aliphatic heterocycles. The lowest BCUT2D eigenvalue weighted by molar-refractivity contribution is -0.384. The molecule has 0 aliphatic carbocycles. The smallest absolute Gasteiger partial charge is 0.293 e. The van der Waals surface area contributed by atoms with Crippen LogP contribution in [0, 0.1) is 10.1 Å². The molecule has 1 aromatic rings. The fourth-order valence-electron chi connectivity index (χ4n) is 0.983. The first-order chi connectivity index (χ1) is 6.56. The summed E-state index contributed by atoms with van der Waals surface area (Å²) in [6.07, 6.45) is 0. The largest absolute Gasteiger partial charge is 0.493 e. The van der Waals surface area contributed by atoms with E-state index in [1.807, 2.05) is 6.92 Å². The van der Waals surface area contributed by atoms with Crippen molar-refractivity contribution in [2.24, 2.45) is 0 Å². The van der Waals surface area contributed by atoms with Crippen LogP contribution in [0.5, 0.6) is 5.75 Å². The summed E-state index contributed by atoms with van der Waals surface area (Å²) in [5, 5.41) is 10.5. The first kappa shape index (κ1) is 10.8. The maximum Gasteiger partial charge on any atom is 0.293 e. The van der Waals surface area contributed by atoms with Crippen LogP contribution in [0.15, 0.2) is 16.6 Å². The highest BCUT2D eigenvalue weighted by molar-refractivity contribution is 9.10. The Morgan fingerprint density at radius 3 is 2.79 bits per heavy atom. The first-order valence-electron chi connectivity index (χ1n) is 3.92. The van der Waals surface area contributed by atoms with Crippen LogP contribution in [0.1, 0.15) is 6.92 Å². The highest BCUT2D eigenvalue weighted by atomic mass is 79.9. The summed E-state index contributed by atoms with van der Waals surface area (Å²) in [6.45, 7) is 2.31. The van der Waals surface area contributed by atoms with Crippen LogP contribution in [-0.4, -0.2) is 11.5 Å². The molecular weight excluding hydrogens is 252 g/mol. The number of nitrogens with zero attached hydrogens (tertiary/aromatic N) is 1. The molecule has 6 heteroatoms. The molecule has 0 bridgehead atoms. The summed E-state index contributed by atoms with van der Waals surface area (Å²) < 4.78 is 5.73. The second kappa shape index (κ2) is 4.28. The fourth-order valence-corrected chi connectivity index (χ4v) is 1.43. The van der Waals surface area contributed by atoms with E-state index in [1.165, 1.54) is 12.1 Å². The van der Waals surface area contributed by atoms with Crippen molar-refractivity contribution in [1.82, 2.24) is 0 Å². The summed E-state index contributed by atoms with van der Waals surface area (Å²) >= 11 is 3.17. The third-order valence-electron chi connectivity index (χ3n) is 1.58. The van der Waals surface area contributed by atoms with Gasteiger partial charge >= 0.3 is 0 Å². The Hall–Kier alpha value is -1.30. The molecule has 0 amide bonds. The normalized spacial score (nSPS) is 9.86. The van der Waals surface area contributed by atoms with Crippen LogP contribution in [-0.2, 0) is 0 Å². The molecule has 14 heavy (non-hydrogen) atoms. The minimum Gasteiger partial charge on any atom is -0.493 e. The van der Waals surface area contributed by atoms with Crippen molar-refractivity contribution in [2.45, 2.75) is 6.92 Å². The van der Waals surface area contributed by atoms with Crippen LogP contribution >= 0.6 is 15.9 Å². The Balaban J connectivity index is 3.17. The summed E-state index contributed by atoms with van der Waals surface area (Å²) in [7, 11) is 0. The molecule has 0 fully saturated rings. The topological polar surface area (TPSA) is 78.4 Å². The molecule has 76 valence electrons. The molecule has 0 unspecified atom stereocenters. The van der Waals surface area contributed by atoms with Crippen LogP contribution in [0.4, 0.5) is 11.4 Å². The molecule has 0 radical (unpaired) electrons. The van der Waals surface area contributed by atoms with Crippen molar-refractivity contribution in [1.29, 1.82) is 0 Å². The predicted molar refractivity (Wildman–Crippen MR) is 56.4 cm³/mol. The molecule has 2 N–H and O–H groups in total. The van der Waals surface area contributed by atoms with E-state index >= 15 is 0 Å². The number of benzene rings is 1. The summed E-state index contributed by atoms with van der Waals surface area (Å²) in [6, 6.07) is 2.77. The lowest BCUT2D eigenvalue weighted by Gasteiger charge is -2.06. The van der Waals surface area contributed by atoms with Crippen LogP contribution in [0.25, 0.3) is 0 Å². The van der Waals surface area contributed by atoms with Gasteiger partial charge in [-0.05, 0) is 22.9 Å². The van der Waals surface area contributed by atoms with E-state index in [-0.39, 0.29) is 11.4 Å². The van der Waals surface area contributed by atoms with Crippen LogP contribution in [0.2, 0.25) is 0 Å². The van der Waals surface area contributed by atoms with Gasteiger partial charge in [0.2, 0.25) is 0 Å². The lowest BCUT2D eigenvalue weighted by atomic mass is 10.2. The quantitative estimate of drug-likeness (QED) is 0.514. The number of nitro benzene ring substituents is 1. The maximum atomic E-state index is 10.5. The molecule has 0 spiro atoms.